The molecular weight excluding hydrogens is 346 g/mol. The zero-order valence-corrected chi connectivity index (χ0v) is 14.6. The van der Waals surface area contributed by atoms with Gasteiger partial charge < -0.3 is 9.64 Å². The van der Waals surface area contributed by atoms with Crippen LogP contribution in [0.3, 0.4) is 0 Å². The Hall–Kier alpha value is -1.98. The van der Waals surface area contributed by atoms with E-state index in [1.807, 2.05) is 41.3 Å². The molecule has 6 heteroatoms. The molecule has 0 bridgehead atoms. The molecular formula is C18H16ClNO3S. The van der Waals surface area contributed by atoms with E-state index in [1.165, 1.54) is 7.11 Å². The average molecular weight is 362 g/mol. The van der Waals surface area contributed by atoms with E-state index in [1.54, 1.807) is 23.9 Å². The average Bonchev–Trinajstić information content (AvgIpc) is 2.97. The number of nitrogens with zero attached hydrogens (tertiary/aromatic N) is 1. The lowest BCUT2D eigenvalue weighted by Gasteiger charge is -2.25. The number of thioether (sulfide) groups is 1. The van der Waals surface area contributed by atoms with Crippen molar-refractivity contribution in [3.8, 4) is 0 Å². The van der Waals surface area contributed by atoms with Gasteiger partial charge in [0.05, 0.1) is 18.4 Å². The van der Waals surface area contributed by atoms with Crippen molar-refractivity contribution >= 4 is 35.2 Å². The third-order valence-electron chi connectivity index (χ3n) is 3.88. The van der Waals surface area contributed by atoms with Gasteiger partial charge in [-0.1, -0.05) is 41.9 Å². The van der Waals surface area contributed by atoms with E-state index in [4.69, 9.17) is 16.3 Å². The molecule has 24 heavy (non-hydrogen) atoms. The molecule has 0 spiro atoms. The van der Waals surface area contributed by atoms with Crippen molar-refractivity contribution in [2.24, 2.45) is 0 Å². The zero-order chi connectivity index (χ0) is 17.1. The van der Waals surface area contributed by atoms with Gasteiger partial charge in [0, 0.05) is 11.6 Å². The number of amides is 1. The summed E-state index contributed by atoms with van der Waals surface area (Å²) < 4.78 is 4.71. The van der Waals surface area contributed by atoms with E-state index < -0.39 is 0 Å². The van der Waals surface area contributed by atoms with E-state index in [9.17, 15) is 9.59 Å². The van der Waals surface area contributed by atoms with Crippen LogP contribution in [0, 0.1) is 0 Å². The summed E-state index contributed by atoms with van der Waals surface area (Å²) in [6.45, 7) is 0.467. The molecule has 1 aliphatic heterocycles. The SMILES string of the molecule is COC(=O)c1ccc([C@@H]2SCC(=O)N2Cc2ccccc2Cl)cc1. The summed E-state index contributed by atoms with van der Waals surface area (Å²) in [5.74, 6) is 0.153. The van der Waals surface area contributed by atoms with Crippen LogP contribution in [-0.4, -0.2) is 29.6 Å². The second kappa shape index (κ2) is 7.28. The standard InChI is InChI=1S/C18H16ClNO3S/c1-23-18(22)13-8-6-12(7-9-13)17-20(16(21)11-24-17)10-14-4-2-3-5-15(14)19/h2-9,17H,10-11H2,1H3/t17-/m0/s1. The van der Waals surface area contributed by atoms with Crippen LogP contribution in [0.25, 0.3) is 0 Å². The number of benzene rings is 2. The van der Waals surface area contributed by atoms with Crippen LogP contribution in [0.15, 0.2) is 48.5 Å². The van der Waals surface area contributed by atoms with Gasteiger partial charge in [0.2, 0.25) is 5.91 Å². The van der Waals surface area contributed by atoms with Crippen LogP contribution < -0.4 is 0 Å². The summed E-state index contributed by atoms with van der Waals surface area (Å²) in [7, 11) is 1.35. The Morgan fingerprint density at radius 1 is 1.25 bits per heavy atom. The van der Waals surface area contributed by atoms with Crippen LogP contribution in [0.2, 0.25) is 5.02 Å². The summed E-state index contributed by atoms with van der Waals surface area (Å²) in [5.41, 5.74) is 2.39. The molecule has 1 aliphatic rings. The summed E-state index contributed by atoms with van der Waals surface area (Å²) in [4.78, 5) is 25.6. The molecule has 124 valence electrons. The van der Waals surface area contributed by atoms with Crippen molar-refractivity contribution in [1.82, 2.24) is 4.90 Å². The number of hydrogen-bond donors (Lipinski definition) is 0. The molecule has 1 saturated heterocycles. The number of esters is 1. The Labute approximate surface area is 149 Å². The minimum absolute atomic E-state index is 0.0829. The number of ether oxygens (including phenoxy) is 1. The molecule has 2 aromatic rings. The summed E-state index contributed by atoms with van der Waals surface area (Å²) >= 11 is 7.79. The smallest absolute Gasteiger partial charge is 0.337 e. The van der Waals surface area contributed by atoms with Gasteiger partial charge in [0.25, 0.3) is 0 Å². The maximum atomic E-state index is 12.3. The molecule has 1 heterocycles. The highest BCUT2D eigenvalue weighted by atomic mass is 35.5. The monoisotopic (exact) mass is 361 g/mol. The van der Waals surface area contributed by atoms with Gasteiger partial charge in [-0.3, -0.25) is 4.79 Å². The summed E-state index contributed by atoms with van der Waals surface area (Å²) in [6.07, 6.45) is 0. The van der Waals surface area contributed by atoms with Gasteiger partial charge >= 0.3 is 5.97 Å². The molecule has 0 saturated carbocycles. The molecule has 0 unspecified atom stereocenters. The quantitative estimate of drug-likeness (QED) is 0.775. The highest BCUT2D eigenvalue weighted by Gasteiger charge is 2.33. The van der Waals surface area contributed by atoms with E-state index in [0.717, 1.165) is 11.1 Å². The third-order valence-corrected chi connectivity index (χ3v) is 5.51. The van der Waals surface area contributed by atoms with Gasteiger partial charge in [-0.2, -0.15) is 0 Å². The second-order valence-electron chi connectivity index (χ2n) is 5.39. The van der Waals surface area contributed by atoms with Crippen LogP contribution in [-0.2, 0) is 16.1 Å². The molecule has 0 N–H and O–H groups in total. The predicted octanol–water partition coefficient (Wildman–Crippen LogP) is 3.90. The fourth-order valence-corrected chi connectivity index (χ4v) is 4.00. The number of carbonyl (C=O) groups excluding carboxylic acids is 2. The van der Waals surface area contributed by atoms with Crippen LogP contribution in [0.1, 0.15) is 26.9 Å². The predicted molar refractivity (Wildman–Crippen MR) is 95.0 cm³/mol. The molecule has 1 atom stereocenters. The van der Waals surface area contributed by atoms with Gasteiger partial charge in [0.1, 0.15) is 5.37 Å². The fourth-order valence-electron chi connectivity index (χ4n) is 2.61. The largest absolute Gasteiger partial charge is 0.465 e. The maximum Gasteiger partial charge on any atom is 0.337 e. The van der Waals surface area contributed by atoms with Crippen LogP contribution in [0.4, 0.5) is 0 Å². The van der Waals surface area contributed by atoms with Gasteiger partial charge in [0.15, 0.2) is 0 Å². The van der Waals surface area contributed by atoms with Crippen LogP contribution in [0.5, 0.6) is 0 Å². The number of halogens is 1. The molecule has 0 aromatic heterocycles. The van der Waals surface area contributed by atoms with E-state index in [0.29, 0.717) is 22.9 Å². The van der Waals surface area contributed by atoms with E-state index in [2.05, 4.69) is 0 Å². The molecule has 1 amide bonds. The highest BCUT2D eigenvalue weighted by molar-refractivity contribution is 8.00. The normalized spacial score (nSPS) is 17.2. The first kappa shape index (κ1) is 16.9. The lowest BCUT2D eigenvalue weighted by Crippen LogP contribution is -2.27. The number of rotatable bonds is 4. The Morgan fingerprint density at radius 2 is 1.96 bits per heavy atom. The lowest BCUT2D eigenvalue weighted by atomic mass is 10.1. The second-order valence-corrected chi connectivity index (χ2v) is 6.87. The van der Waals surface area contributed by atoms with Crippen molar-refractivity contribution in [3.63, 3.8) is 0 Å². The molecule has 1 fully saturated rings. The lowest BCUT2D eigenvalue weighted by molar-refractivity contribution is -0.128. The molecule has 0 aliphatic carbocycles. The van der Waals surface area contributed by atoms with Crippen molar-refractivity contribution < 1.29 is 14.3 Å². The first-order valence-electron chi connectivity index (χ1n) is 7.43. The van der Waals surface area contributed by atoms with E-state index >= 15 is 0 Å². The zero-order valence-electron chi connectivity index (χ0n) is 13.1. The van der Waals surface area contributed by atoms with Gasteiger partial charge in [-0.25, -0.2) is 4.79 Å². The first-order chi connectivity index (χ1) is 11.6. The van der Waals surface area contributed by atoms with Crippen molar-refractivity contribution in [2.75, 3.05) is 12.9 Å². The minimum Gasteiger partial charge on any atom is -0.465 e. The number of methoxy groups -OCH3 is 1. The topological polar surface area (TPSA) is 46.6 Å². The highest BCUT2D eigenvalue weighted by Crippen LogP contribution is 2.40. The summed E-state index contributed by atoms with van der Waals surface area (Å²) in [6, 6.07) is 14.7. The molecule has 4 nitrogen and oxygen atoms in total. The minimum atomic E-state index is -0.371. The third kappa shape index (κ3) is 3.42. The number of hydrogen-bond acceptors (Lipinski definition) is 4. The van der Waals surface area contributed by atoms with Crippen molar-refractivity contribution in [2.45, 2.75) is 11.9 Å². The Morgan fingerprint density at radius 3 is 2.62 bits per heavy atom. The fraction of sp³-hybridized carbons (Fsp3) is 0.222. The van der Waals surface area contributed by atoms with E-state index in [-0.39, 0.29) is 17.3 Å². The Balaban J connectivity index is 1.83. The molecule has 3 rings (SSSR count). The van der Waals surface area contributed by atoms with Gasteiger partial charge in [-0.15, -0.1) is 11.8 Å². The first-order valence-corrected chi connectivity index (χ1v) is 8.85. The maximum absolute atomic E-state index is 12.3. The summed E-state index contributed by atoms with van der Waals surface area (Å²) in [5, 5.41) is 0.572. The van der Waals surface area contributed by atoms with Gasteiger partial charge in [-0.05, 0) is 29.3 Å². The Bertz CT molecular complexity index is 763. The Kier molecular flexibility index (Phi) is 5.11. The van der Waals surface area contributed by atoms with Crippen LogP contribution >= 0.6 is 23.4 Å². The van der Waals surface area contributed by atoms with Crippen molar-refractivity contribution in [3.05, 3.63) is 70.2 Å². The molecule has 0 radical (unpaired) electrons. The number of carbonyl (C=O) groups is 2. The van der Waals surface area contributed by atoms with Crippen molar-refractivity contribution in [1.29, 1.82) is 0 Å². The molecule has 2 aromatic carbocycles.